The summed E-state index contributed by atoms with van der Waals surface area (Å²) < 4.78 is 11.2. The average Bonchev–Trinajstić information content (AvgIpc) is 3.40. The molecule has 1 saturated heterocycles. The molecule has 0 radical (unpaired) electrons. The van der Waals surface area contributed by atoms with Gasteiger partial charge in [-0.25, -0.2) is 0 Å². The minimum Gasteiger partial charge on any atom is -0.394 e. The fourth-order valence-electron chi connectivity index (χ4n) is 8.86. The molecule has 74 heavy (non-hydrogen) atoms. The summed E-state index contributed by atoms with van der Waals surface area (Å²) in [5.41, 5.74) is 0. The molecule has 7 unspecified atom stereocenters. The van der Waals surface area contributed by atoms with E-state index in [1.54, 1.807) is 6.08 Å². The van der Waals surface area contributed by atoms with Gasteiger partial charge in [0.2, 0.25) is 5.91 Å². The number of rotatable bonds is 50. The largest absolute Gasteiger partial charge is 0.394 e. The normalized spacial score (nSPS) is 19.8. The van der Waals surface area contributed by atoms with Gasteiger partial charge in [-0.2, -0.15) is 0 Å². The summed E-state index contributed by atoms with van der Waals surface area (Å²) in [7, 11) is 0. The molecule has 9 nitrogen and oxygen atoms in total. The van der Waals surface area contributed by atoms with Crippen LogP contribution in [-0.4, -0.2) is 87.5 Å². The molecule has 1 fully saturated rings. The van der Waals surface area contributed by atoms with E-state index < -0.39 is 49.5 Å². The number of aliphatic hydroxyl groups is 5. The summed E-state index contributed by atoms with van der Waals surface area (Å²) in [6.45, 7) is 3.62. The predicted molar refractivity (Wildman–Crippen MR) is 313 cm³/mol. The molecule has 7 atom stereocenters. The van der Waals surface area contributed by atoms with E-state index in [1.807, 2.05) is 6.08 Å². The molecule has 0 aromatic rings. The van der Waals surface area contributed by atoms with Crippen LogP contribution in [0.4, 0.5) is 0 Å². The molecule has 1 heterocycles. The Morgan fingerprint density at radius 3 is 1.30 bits per heavy atom. The van der Waals surface area contributed by atoms with Gasteiger partial charge in [0.15, 0.2) is 6.29 Å². The molecule has 0 aromatic carbocycles. The number of carbonyl (C=O) groups excluding carboxylic acids is 1. The van der Waals surface area contributed by atoms with Crippen LogP contribution < -0.4 is 5.32 Å². The quantitative estimate of drug-likeness (QED) is 0.0261. The van der Waals surface area contributed by atoms with Crippen molar-refractivity contribution in [3.63, 3.8) is 0 Å². The second kappa shape index (κ2) is 53.3. The van der Waals surface area contributed by atoms with Gasteiger partial charge < -0.3 is 40.3 Å². The SMILES string of the molecule is CC/C=C\C/C=C\C/C=C\C/C=C\C/C=C\C/C=C\C/C=C\CCCCCCCCCCCCCCCCCCCC(=O)NC(COC1OC(CO)C(O)C(O)C1O)C(O)/C=C/CC/C=C/CCCCCCCC. The Hall–Kier alpha value is -3.15. The van der Waals surface area contributed by atoms with Crippen LogP contribution >= 0.6 is 0 Å². The first-order valence-corrected chi connectivity index (χ1v) is 30.1. The first kappa shape index (κ1) is 68.9. The second-order valence-electron chi connectivity index (χ2n) is 20.4. The molecule has 1 aliphatic rings. The van der Waals surface area contributed by atoms with E-state index in [9.17, 15) is 30.3 Å². The van der Waals surface area contributed by atoms with Gasteiger partial charge in [0.25, 0.3) is 0 Å². The summed E-state index contributed by atoms with van der Waals surface area (Å²) >= 11 is 0. The summed E-state index contributed by atoms with van der Waals surface area (Å²) in [6.07, 6.45) is 71.8. The molecular weight excluding hydrogens is 923 g/mol. The van der Waals surface area contributed by atoms with Crippen LogP contribution in [0.1, 0.15) is 239 Å². The number of unbranched alkanes of at least 4 members (excludes halogenated alkanes) is 24. The maximum Gasteiger partial charge on any atom is 0.220 e. The van der Waals surface area contributed by atoms with Gasteiger partial charge in [0.05, 0.1) is 25.4 Å². The number of aliphatic hydroxyl groups excluding tert-OH is 5. The summed E-state index contributed by atoms with van der Waals surface area (Å²) in [4.78, 5) is 13.0. The minimum absolute atomic E-state index is 0.190. The summed E-state index contributed by atoms with van der Waals surface area (Å²) in [5, 5.41) is 54.3. The fraction of sp³-hybridized carbons (Fsp3) is 0.708. The zero-order chi connectivity index (χ0) is 53.6. The van der Waals surface area contributed by atoms with E-state index >= 15 is 0 Å². The lowest BCUT2D eigenvalue weighted by Crippen LogP contribution is -2.60. The zero-order valence-corrected chi connectivity index (χ0v) is 47.1. The van der Waals surface area contributed by atoms with Gasteiger partial charge in [-0.15, -0.1) is 0 Å². The predicted octanol–water partition coefficient (Wildman–Crippen LogP) is 15.3. The highest BCUT2D eigenvalue weighted by Gasteiger charge is 2.44. The molecule has 1 aliphatic heterocycles. The Kier molecular flexibility index (Phi) is 49.6. The van der Waals surface area contributed by atoms with Gasteiger partial charge in [-0.05, 0) is 89.9 Å². The van der Waals surface area contributed by atoms with Crippen molar-refractivity contribution in [2.45, 2.75) is 281 Å². The van der Waals surface area contributed by atoms with E-state index in [-0.39, 0.29) is 12.5 Å². The number of ether oxygens (including phenoxy) is 2. The molecule has 0 spiro atoms. The highest BCUT2D eigenvalue weighted by atomic mass is 16.7. The Morgan fingerprint density at radius 2 is 0.851 bits per heavy atom. The van der Waals surface area contributed by atoms with Crippen molar-refractivity contribution in [2.75, 3.05) is 13.2 Å². The average molecular weight is 1030 g/mol. The van der Waals surface area contributed by atoms with Crippen molar-refractivity contribution in [3.8, 4) is 0 Å². The lowest BCUT2D eigenvalue weighted by atomic mass is 9.99. The van der Waals surface area contributed by atoms with Crippen LogP contribution in [0.25, 0.3) is 0 Å². The number of hydrogen-bond acceptors (Lipinski definition) is 8. The van der Waals surface area contributed by atoms with E-state index in [2.05, 4.69) is 116 Å². The van der Waals surface area contributed by atoms with Gasteiger partial charge in [0.1, 0.15) is 24.4 Å². The third kappa shape index (κ3) is 42.0. The Balaban J connectivity index is 2.09. The molecule has 1 amide bonds. The first-order chi connectivity index (χ1) is 36.3. The molecule has 0 saturated carbocycles. The molecule has 9 heteroatoms. The Morgan fingerprint density at radius 1 is 0.473 bits per heavy atom. The van der Waals surface area contributed by atoms with E-state index in [0.29, 0.717) is 6.42 Å². The van der Waals surface area contributed by atoms with Crippen LogP contribution in [0.15, 0.2) is 109 Å². The molecular formula is C65H111NO8. The number of amides is 1. The van der Waals surface area contributed by atoms with Gasteiger partial charge in [-0.3, -0.25) is 4.79 Å². The number of nitrogens with one attached hydrogen (secondary N) is 1. The smallest absolute Gasteiger partial charge is 0.220 e. The number of carbonyl (C=O) groups is 1. The van der Waals surface area contributed by atoms with Crippen LogP contribution in [0.2, 0.25) is 0 Å². The van der Waals surface area contributed by atoms with Gasteiger partial charge in [0, 0.05) is 6.42 Å². The van der Waals surface area contributed by atoms with Crippen molar-refractivity contribution in [1.82, 2.24) is 5.32 Å². The molecule has 1 rings (SSSR count). The molecule has 0 aromatic heterocycles. The standard InChI is InChI=1S/C65H111NO8/c1-3-5-7-9-11-13-15-17-18-19-20-21-22-23-24-25-26-27-28-29-30-31-32-33-34-35-36-37-38-39-40-41-42-43-45-47-49-51-53-55-61(69)66-58(57-73-65-64(72)63(71)62(70)60(56-67)74-65)59(68)54-52-50-48-46-44-16-14-12-10-8-6-4-2/h5,7,11,13,17-18,20-21,23-24,26-27,29-30,44,46,52,54,58-60,62-65,67-68,70-72H,3-4,6,8-10,12,14-16,19,22,25,28,31-43,45,47-51,53,55-57H2,1-2H3,(H,66,69)/b7-5-,13-11-,18-17-,21-20-,24-23-,27-26-,30-29-,46-44+,54-52+. The summed E-state index contributed by atoms with van der Waals surface area (Å²) in [6, 6.07) is -0.825. The highest BCUT2D eigenvalue weighted by molar-refractivity contribution is 5.76. The third-order valence-corrected chi connectivity index (χ3v) is 13.6. The fourth-order valence-corrected chi connectivity index (χ4v) is 8.86. The van der Waals surface area contributed by atoms with E-state index in [4.69, 9.17) is 9.47 Å². The maximum atomic E-state index is 13.0. The zero-order valence-electron chi connectivity index (χ0n) is 47.1. The first-order valence-electron chi connectivity index (χ1n) is 30.1. The minimum atomic E-state index is -1.57. The van der Waals surface area contributed by atoms with E-state index in [0.717, 1.165) is 83.5 Å². The maximum absolute atomic E-state index is 13.0. The van der Waals surface area contributed by atoms with Crippen LogP contribution in [0, 0.1) is 0 Å². The van der Waals surface area contributed by atoms with Crippen molar-refractivity contribution in [1.29, 1.82) is 0 Å². The summed E-state index contributed by atoms with van der Waals surface area (Å²) in [5.74, 6) is -0.190. The lowest BCUT2D eigenvalue weighted by molar-refractivity contribution is -0.302. The van der Waals surface area contributed by atoms with Crippen LogP contribution in [0.3, 0.4) is 0 Å². The van der Waals surface area contributed by atoms with Crippen molar-refractivity contribution < 1.29 is 39.8 Å². The van der Waals surface area contributed by atoms with Gasteiger partial charge >= 0.3 is 0 Å². The Labute approximate surface area is 453 Å². The number of hydrogen-bond donors (Lipinski definition) is 6. The third-order valence-electron chi connectivity index (χ3n) is 13.6. The van der Waals surface area contributed by atoms with Crippen molar-refractivity contribution >= 4 is 5.91 Å². The Bertz CT molecular complexity index is 1530. The van der Waals surface area contributed by atoms with E-state index in [1.165, 1.54) is 135 Å². The van der Waals surface area contributed by atoms with Gasteiger partial charge in [-0.1, -0.05) is 252 Å². The van der Waals surface area contributed by atoms with Crippen LogP contribution in [0.5, 0.6) is 0 Å². The van der Waals surface area contributed by atoms with Crippen molar-refractivity contribution in [2.24, 2.45) is 0 Å². The molecule has 0 bridgehead atoms. The number of allylic oxidation sites excluding steroid dienone is 17. The lowest BCUT2D eigenvalue weighted by Gasteiger charge is -2.40. The second-order valence-corrected chi connectivity index (χ2v) is 20.4. The highest BCUT2D eigenvalue weighted by Crippen LogP contribution is 2.23. The van der Waals surface area contributed by atoms with Crippen LogP contribution in [-0.2, 0) is 14.3 Å². The topological polar surface area (TPSA) is 149 Å². The van der Waals surface area contributed by atoms with Crippen molar-refractivity contribution in [3.05, 3.63) is 109 Å². The monoisotopic (exact) mass is 1030 g/mol. The molecule has 424 valence electrons. The molecule has 0 aliphatic carbocycles. The molecule has 6 N–H and O–H groups in total.